The van der Waals surface area contributed by atoms with Gasteiger partial charge in [-0.1, -0.05) is 12.1 Å². The molecule has 2 aliphatic rings. The largest absolute Gasteiger partial charge is 0.465 e. The number of carboxylic acid groups (broad SMARTS) is 1. The molecule has 0 spiro atoms. The number of nitrogens with one attached hydrogen (secondary N) is 3. The number of alkyl halides is 1. The SMILES string of the molecule is O=C(NS(=O)(=O)c1ccc(NCC2(F)CCOCC2)c([N+](=O)[O-])c1)c1ccc(C2=CCN(C(=O)O)CC2)cc1Oc1cnc2[nH]ccc2c1. The van der Waals surface area contributed by atoms with Gasteiger partial charge in [0.2, 0.25) is 0 Å². The second-order valence-electron chi connectivity index (χ2n) is 11.6. The molecule has 1 saturated heterocycles. The van der Waals surface area contributed by atoms with Crippen molar-refractivity contribution in [2.24, 2.45) is 0 Å². The molecule has 4 N–H and O–H groups in total. The van der Waals surface area contributed by atoms with Crippen molar-refractivity contribution in [2.45, 2.75) is 29.8 Å². The number of hydrogen-bond donors (Lipinski definition) is 4. The first-order chi connectivity index (χ1) is 23.4. The summed E-state index contributed by atoms with van der Waals surface area (Å²) in [7, 11) is -4.65. The van der Waals surface area contributed by atoms with Crippen molar-refractivity contribution >= 4 is 50.0 Å². The van der Waals surface area contributed by atoms with Crippen molar-refractivity contribution in [3.63, 3.8) is 0 Å². The molecule has 15 nitrogen and oxygen atoms in total. The number of amides is 2. The van der Waals surface area contributed by atoms with E-state index in [-0.39, 0.29) is 68.4 Å². The van der Waals surface area contributed by atoms with Crippen LogP contribution in [0.3, 0.4) is 0 Å². The quantitative estimate of drug-likeness (QED) is 0.127. The first-order valence-electron chi connectivity index (χ1n) is 15.2. The van der Waals surface area contributed by atoms with Crippen LogP contribution in [0.15, 0.2) is 71.9 Å². The number of H-pyrrole nitrogens is 1. The van der Waals surface area contributed by atoms with Gasteiger partial charge in [-0.05, 0) is 54.0 Å². The van der Waals surface area contributed by atoms with Gasteiger partial charge in [-0.15, -0.1) is 0 Å². The number of hydrogen-bond acceptors (Lipinski definition) is 10. The second kappa shape index (κ2) is 13.5. The van der Waals surface area contributed by atoms with Crippen LogP contribution < -0.4 is 14.8 Å². The van der Waals surface area contributed by atoms with E-state index in [9.17, 15) is 33.2 Å². The Labute approximate surface area is 278 Å². The Morgan fingerprint density at radius 1 is 1.16 bits per heavy atom. The van der Waals surface area contributed by atoms with Gasteiger partial charge in [0.1, 0.15) is 28.5 Å². The van der Waals surface area contributed by atoms with E-state index in [1.807, 2.05) is 4.72 Å². The van der Waals surface area contributed by atoms with Crippen LogP contribution in [0.5, 0.6) is 11.5 Å². The van der Waals surface area contributed by atoms with Crippen LogP contribution in [-0.2, 0) is 14.8 Å². The zero-order chi connectivity index (χ0) is 34.8. The number of halogens is 1. The fourth-order valence-corrected chi connectivity index (χ4v) is 6.57. The molecule has 4 aromatic rings. The van der Waals surface area contributed by atoms with Crippen LogP contribution in [0.1, 0.15) is 35.2 Å². The Morgan fingerprint density at radius 3 is 2.67 bits per heavy atom. The molecule has 2 aromatic carbocycles. The summed E-state index contributed by atoms with van der Waals surface area (Å²) in [5.41, 5.74) is -0.472. The van der Waals surface area contributed by atoms with E-state index in [0.717, 1.165) is 29.2 Å². The summed E-state index contributed by atoms with van der Waals surface area (Å²) in [6.07, 6.45) is 4.44. The van der Waals surface area contributed by atoms with Gasteiger partial charge in [-0.2, -0.15) is 0 Å². The predicted octanol–water partition coefficient (Wildman–Crippen LogP) is 5.08. The van der Waals surface area contributed by atoms with E-state index in [4.69, 9.17) is 9.47 Å². The van der Waals surface area contributed by atoms with E-state index in [1.54, 1.807) is 36.5 Å². The van der Waals surface area contributed by atoms with Gasteiger partial charge in [0.15, 0.2) is 0 Å². The number of nitro benzene ring substituents is 1. The van der Waals surface area contributed by atoms with E-state index in [0.29, 0.717) is 17.6 Å². The first-order valence-corrected chi connectivity index (χ1v) is 16.7. The lowest BCUT2D eigenvalue weighted by Gasteiger charge is -2.29. The van der Waals surface area contributed by atoms with Crippen LogP contribution in [0, 0.1) is 10.1 Å². The van der Waals surface area contributed by atoms with Crippen LogP contribution in [-0.4, -0.2) is 83.8 Å². The average Bonchev–Trinajstić information content (AvgIpc) is 3.55. The van der Waals surface area contributed by atoms with Crippen molar-refractivity contribution in [2.75, 3.05) is 38.2 Å². The molecule has 4 heterocycles. The number of benzene rings is 2. The Hall–Kier alpha value is -5.55. The molecule has 49 heavy (non-hydrogen) atoms. The van der Waals surface area contributed by atoms with E-state index >= 15 is 4.39 Å². The summed E-state index contributed by atoms with van der Waals surface area (Å²) < 4.78 is 55.0. The highest BCUT2D eigenvalue weighted by Crippen LogP contribution is 2.34. The number of ether oxygens (including phenoxy) is 2. The molecule has 6 rings (SSSR count). The Morgan fingerprint density at radius 2 is 1.96 bits per heavy atom. The second-order valence-corrected chi connectivity index (χ2v) is 13.3. The maximum Gasteiger partial charge on any atom is 0.407 e. The third-order valence-corrected chi connectivity index (χ3v) is 9.70. The number of nitrogens with zero attached hydrogens (tertiary/aromatic N) is 3. The number of pyridine rings is 1. The van der Waals surface area contributed by atoms with Crippen LogP contribution in [0.4, 0.5) is 20.6 Å². The minimum absolute atomic E-state index is 0.0118. The van der Waals surface area contributed by atoms with Gasteiger partial charge in [0.05, 0.1) is 21.6 Å². The van der Waals surface area contributed by atoms with E-state index in [2.05, 4.69) is 15.3 Å². The number of sulfonamides is 1. The van der Waals surface area contributed by atoms with Crippen molar-refractivity contribution in [1.82, 2.24) is 19.6 Å². The fraction of sp³-hybridized carbons (Fsp3) is 0.281. The number of aromatic nitrogens is 2. The third kappa shape index (κ3) is 7.47. The number of carbonyl (C=O) groups excluding carboxylic acids is 1. The highest BCUT2D eigenvalue weighted by molar-refractivity contribution is 7.90. The summed E-state index contributed by atoms with van der Waals surface area (Å²) >= 11 is 0. The van der Waals surface area contributed by atoms with Crippen LogP contribution in [0.25, 0.3) is 16.6 Å². The first kappa shape index (κ1) is 33.4. The number of anilines is 1. The van der Waals surface area contributed by atoms with Gasteiger partial charge in [0.25, 0.3) is 21.6 Å². The van der Waals surface area contributed by atoms with E-state index < -0.39 is 43.2 Å². The molecule has 2 amide bonds. The summed E-state index contributed by atoms with van der Waals surface area (Å²) in [6, 6.07) is 11.0. The molecular formula is C32H31FN6O9S. The molecule has 0 unspecified atom stereocenters. The van der Waals surface area contributed by atoms with Crippen LogP contribution in [0.2, 0.25) is 0 Å². The molecular weight excluding hydrogens is 663 g/mol. The van der Waals surface area contributed by atoms with Crippen molar-refractivity contribution < 1.29 is 41.9 Å². The zero-order valence-electron chi connectivity index (χ0n) is 25.8. The van der Waals surface area contributed by atoms with E-state index in [1.165, 1.54) is 17.2 Å². The highest BCUT2D eigenvalue weighted by atomic mass is 32.2. The number of rotatable bonds is 10. The third-order valence-electron chi connectivity index (χ3n) is 8.37. The maximum absolute atomic E-state index is 15.1. The number of carbonyl (C=O) groups is 2. The molecule has 0 radical (unpaired) electrons. The Balaban J connectivity index is 1.27. The summed E-state index contributed by atoms with van der Waals surface area (Å²) in [5.74, 6) is -0.830. The van der Waals surface area contributed by atoms with Gasteiger partial charge in [-0.3, -0.25) is 14.9 Å². The molecule has 0 atom stereocenters. The normalized spacial score (nSPS) is 16.1. The molecule has 2 aromatic heterocycles. The molecule has 0 aliphatic carbocycles. The lowest BCUT2D eigenvalue weighted by molar-refractivity contribution is -0.384. The number of fused-ring (bicyclic) bond motifs is 1. The summed E-state index contributed by atoms with van der Waals surface area (Å²) in [6.45, 7) is 0.625. The molecule has 0 bridgehead atoms. The van der Waals surface area contributed by atoms with Crippen molar-refractivity contribution in [1.29, 1.82) is 0 Å². The molecule has 256 valence electrons. The zero-order valence-corrected chi connectivity index (χ0v) is 26.7. The Bertz CT molecular complexity index is 2080. The minimum Gasteiger partial charge on any atom is -0.465 e. The summed E-state index contributed by atoms with van der Waals surface area (Å²) in [4.78, 5) is 43.9. The summed E-state index contributed by atoms with van der Waals surface area (Å²) in [5, 5.41) is 24.6. The van der Waals surface area contributed by atoms with Crippen molar-refractivity contribution in [3.05, 3.63) is 88.2 Å². The Kier molecular flexibility index (Phi) is 9.20. The molecule has 0 saturated carbocycles. The predicted molar refractivity (Wildman–Crippen MR) is 175 cm³/mol. The lowest BCUT2D eigenvalue weighted by Crippen LogP contribution is -2.38. The highest BCUT2D eigenvalue weighted by Gasteiger charge is 2.33. The van der Waals surface area contributed by atoms with Gasteiger partial charge < -0.3 is 29.8 Å². The van der Waals surface area contributed by atoms with Gasteiger partial charge in [0, 0.05) is 63.3 Å². The number of aromatic amines is 1. The van der Waals surface area contributed by atoms with Crippen LogP contribution >= 0.6 is 0 Å². The van der Waals surface area contributed by atoms with Gasteiger partial charge in [-0.25, -0.2) is 27.3 Å². The topological polar surface area (TPSA) is 206 Å². The molecule has 1 fully saturated rings. The average molecular weight is 695 g/mol. The maximum atomic E-state index is 15.1. The molecule has 17 heteroatoms. The number of nitro groups is 1. The standard InChI is InChI=1S/C32H31FN6O9S/c33-32(8-13-47-14-9-32)19-36-26-4-2-24(17-27(26)39(43)44)49(45,46)37-30(40)25-3-1-21(20-6-11-38(12-7-20)31(41)42)16-28(25)48-23-15-22-5-10-34-29(22)35-18-23/h1-6,10,15-18,36H,7-9,11-14,19H2,(H,34,35)(H,37,40)(H,41,42). The smallest absolute Gasteiger partial charge is 0.407 e. The minimum atomic E-state index is -4.65. The fourth-order valence-electron chi connectivity index (χ4n) is 5.58. The molecule has 2 aliphatic heterocycles. The lowest BCUT2D eigenvalue weighted by atomic mass is 9.96. The monoisotopic (exact) mass is 694 g/mol. The van der Waals surface area contributed by atoms with Crippen molar-refractivity contribution in [3.8, 4) is 11.5 Å². The van der Waals surface area contributed by atoms with Gasteiger partial charge >= 0.3 is 6.09 Å².